The molecule has 7 nitrogen and oxygen atoms in total. The normalized spacial score (nSPS) is 11.0. The minimum atomic E-state index is -0.283. The van der Waals surface area contributed by atoms with Crippen molar-refractivity contribution in [3.05, 3.63) is 83.1 Å². The Labute approximate surface area is 199 Å². The van der Waals surface area contributed by atoms with Gasteiger partial charge in [0.1, 0.15) is 11.6 Å². The van der Waals surface area contributed by atoms with Crippen LogP contribution in [0, 0.1) is 5.82 Å². The highest BCUT2D eigenvalue weighted by Crippen LogP contribution is 2.28. The van der Waals surface area contributed by atoms with Crippen LogP contribution in [0.4, 0.5) is 4.39 Å². The number of ether oxygens (including phenoxy) is 3. The molecule has 8 heteroatoms. The molecule has 0 unspecified atom stereocenters. The van der Waals surface area contributed by atoms with E-state index in [0.29, 0.717) is 50.0 Å². The number of benzene rings is 2. The lowest BCUT2D eigenvalue weighted by molar-refractivity contribution is 0.0916. The van der Waals surface area contributed by atoms with Crippen LogP contribution in [0.2, 0.25) is 0 Å². The minimum Gasteiger partial charge on any atom is -0.493 e. The molecular weight excluding hydrogens is 439 g/mol. The molecule has 34 heavy (non-hydrogen) atoms. The van der Waals surface area contributed by atoms with Crippen LogP contribution < -0.4 is 14.8 Å². The van der Waals surface area contributed by atoms with Crippen molar-refractivity contribution in [2.24, 2.45) is 0 Å². The maximum atomic E-state index is 13.8. The first kappa shape index (κ1) is 25.3. The molecule has 1 heterocycles. The maximum Gasteiger partial charge on any atom is 0.286 e. The smallest absolute Gasteiger partial charge is 0.286 e. The number of carbonyl (C=O) groups is 1. The monoisotopic (exact) mass is 470 g/mol. The highest BCUT2D eigenvalue weighted by Gasteiger charge is 2.16. The molecule has 0 aliphatic carbocycles. The summed E-state index contributed by atoms with van der Waals surface area (Å²) in [5, 5.41) is 2.82. The number of amides is 1. The quantitative estimate of drug-likeness (QED) is 0.373. The van der Waals surface area contributed by atoms with E-state index >= 15 is 0 Å². The lowest BCUT2D eigenvalue weighted by atomic mass is 10.1. The molecule has 1 N–H and O–H groups in total. The SMILES string of the molecule is COCCCNC(=O)c1ccc(CN(Cc2cccc(F)c2)Cc2ccc(OC)c(OC)c2)o1. The van der Waals surface area contributed by atoms with Gasteiger partial charge in [-0.1, -0.05) is 18.2 Å². The van der Waals surface area contributed by atoms with E-state index in [4.69, 9.17) is 18.6 Å². The molecule has 0 spiro atoms. The van der Waals surface area contributed by atoms with E-state index in [1.54, 1.807) is 39.5 Å². The molecule has 182 valence electrons. The van der Waals surface area contributed by atoms with Gasteiger partial charge in [0.2, 0.25) is 0 Å². The van der Waals surface area contributed by atoms with E-state index in [0.717, 1.165) is 17.5 Å². The first-order chi connectivity index (χ1) is 16.5. The van der Waals surface area contributed by atoms with Crippen LogP contribution >= 0.6 is 0 Å². The zero-order valence-electron chi connectivity index (χ0n) is 19.8. The number of hydrogen-bond donors (Lipinski definition) is 1. The average molecular weight is 471 g/mol. The molecule has 0 saturated heterocycles. The molecule has 1 amide bonds. The second-order valence-corrected chi connectivity index (χ2v) is 7.83. The first-order valence-corrected chi connectivity index (χ1v) is 11.1. The molecule has 0 bridgehead atoms. The number of nitrogens with zero attached hydrogens (tertiary/aromatic N) is 1. The zero-order valence-corrected chi connectivity index (χ0v) is 19.8. The Bertz CT molecular complexity index is 1070. The predicted molar refractivity (Wildman–Crippen MR) is 126 cm³/mol. The van der Waals surface area contributed by atoms with Gasteiger partial charge in [0.05, 0.1) is 20.8 Å². The van der Waals surface area contributed by atoms with Crippen molar-refractivity contribution < 1.29 is 27.8 Å². The highest BCUT2D eigenvalue weighted by molar-refractivity contribution is 5.91. The van der Waals surface area contributed by atoms with Gasteiger partial charge in [-0.3, -0.25) is 9.69 Å². The third kappa shape index (κ3) is 7.33. The molecule has 0 atom stereocenters. The zero-order chi connectivity index (χ0) is 24.3. The number of hydrogen-bond acceptors (Lipinski definition) is 6. The third-order valence-corrected chi connectivity index (χ3v) is 5.23. The number of furan rings is 1. The summed E-state index contributed by atoms with van der Waals surface area (Å²) in [4.78, 5) is 14.4. The van der Waals surface area contributed by atoms with E-state index in [2.05, 4.69) is 10.2 Å². The molecule has 0 aliphatic rings. The first-order valence-electron chi connectivity index (χ1n) is 11.1. The fourth-order valence-corrected chi connectivity index (χ4v) is 3.61. The molecule has 1 aromatic heterocycles. The molecule has 3 aromatic rings. The standard InChI is InChI=1S/C26H31FN2O5/c1-31-13-5-12-28-26(30)24-11-9-22(34-24)18-29(16-19-6-4-7-21(27)14-19)17-20-8-10-23(32-2)25(15-20)33-3/h4,6-11,14-15H,5,12-13,16-18H2,1-3H3,(H,28,30). The third-order valence-electron chi connectivity index (χ3n) is 5.23. The average Bonchev–Trinajstić information content (AvgIpc) is 3.30. The summed E-state index contributed by atoms with van der Waals surface area (Å²) < 4.78 is 35.3. The Hall–Kier alpha value is -3.36. The molecule has 2 aromatic carbocycles. The van der Waals surface area contributed by atoms with Gasteiger partial charge in [-0.2, -0.15) is 0 Å². The highest BCUT2D eigenvalue weighted by atomic mass is 19.1. The lowest BCUT2D eigenvalue weighted by Crippen LogP contribution is -2.25. The van der Waals surface area contributed by atoms with Gasteiger partial charge < -0.3 is 23.9 Å². The van der Waals surface area contributed by atoms with Gasteiger partial charge in [-0.15, -0.1) is 0 Å². The van der Waals surface area contributed by atoms with Crippen LogP contribution in [-0.2, 0) is 24.4 Å². The summed E-state index contributed by atoms with van der Waals surface area (Å²) in [7, 11) is 4.81. The van der Waals surface area contributed by atoms with Crippen LogP contribution in [0.15, 0.2) is 59.0 Å². The van der Waals surface area contributed by atoms with Crippen molar-refractivity contribution in [3.8, 4) is 11.5 Å². The van der Waals surface area contributed by atoms with Gasteiger partial charge in [0.25, 0.3) is 5.91 Å². The fraction of sp³-hybridized carbons (Fsp3) is 0.346. The molecule has 0 aliphatic heterocycles. The van der Waals surface area contributed by atoms with Crippen molar-refractivity contribution in [2.45, 2.75) is 26.1 Å². The van der Waals surface area contributed by atoms with Crippen molar-refractivity contribution in [2.75, 3.05) is 34.5 Å². The summed E-state index contributed by atoms with van der Waals surface area (Å²) in [5.74, 6) is 1.63. The van der Waals surface area contributed by atoms with Crippen LogP contribution in [-0.4, -0.2) is 45.3 Å². The summed E-state index contributed by atoms with van der Waals surface area (Å²) in [6.45, 7) is 2.56. The second kappa shape index (κ2) is 12.8. The lowest BCUT2D eigenvalue weighted by Gasteiger charge is -2.22. The number of carbonyl (C=O) groups excluding carboxylic acids is 1. The molecule has 0 fully saturated rings. The van der Waals surface area contributed by atoms with E-state index in [1.807, 2.05) is 24.3 Å². The van der Waals surface area contributed by atoms with E-state index in [9.17, 15) is 9.18 Å². The van der Waals surface area contributed by atoms with Crippen molar-refractivity contribution in [1.82, 2.24) is 10.2 Å². The summed E-state index contributed by atoms with van der Waals surface area (Å²) in [6, 6.07) is 15.7. The molecular formula is C26H31FN2O5. The Kier molecular flexibility index (Phi) is 9.49. The van der Waals surface area contributed by atoms with Gasteiger partial charge in [0.15, 0.2) is 17.3 Å². The van der Waals surface area contributed by atoms with Crippen LogP contribution in [0.5, 0.6) is 11.5 Å². The van der Waals surface area contributed by atoms with Gasteiger partial charge >= 0.3 is 0 Å². The van der Waals surface area contributed by atoms with Crippen LogP contribution in [0.1, 0.15) is 33.9 Å². The van der Waals surface area contributed by atoms with Crippen molar-refractivity contribution >= 4 is 5.91 Å². The minimum absolute atomic E-state index is 0.254. The number of nitrogens with one attached hydrogen (secondary N) is 1. The summed E-state index contributed by atoms with van der Waals surface area (Å²) in [5.41, 5.74) is 1.83. The van der Waals surface area contributed by atoms with E-state index in [1.165, 1.54) is 12.1 Å². The Morgan fingerprint density at radius 3 is 2.41 bits per heavy atom. The van der Waals surface area contributed by atoms with Gasteiger partial charge in [-0.25, -0.2) is 4.39 Å². The Morgan fingerprint density at radius 1 is 0.941 bits per heavy atom. The largest absolute Gasteiger partial charge is 0.493 e. The second-order valence-electron chi connectivity index (χ2n) is 7.83. The Morgan fingerprint density at radius 2 is 1.71 bits per heavy atom. The maximum absolute atomic E-state index is 13.8. The van der Waals surface area contributed by atoms with Crippen molar-refractivity contribution in [1.29, 1.82) is 0 Å². The molecule has 0 saturated carbocycles. The van der Waals surface area contributed by atoms with Gasteiger partial charge in [0, 0.05) is 33.4 Å². The predicted octanol–water partition coefficient (Wildman–Crippen LogP) is 4.40. The fourth-order valence-electron chi connectivity index (χ4n) is 3.61. The van der Waals surface area contributed by atoms with Crippen LogP contribution in [0.3, 0.4) is 0 Å². The summed E-state index contributed by atoms with van der Waals surface area (Å²) >= 11 is 0. The van der Waals surface area contributed by atoms with Crippen molar-refractivity contribution in [3.63, 3.8) is 0 Å². The number of halogens is 1. The molecule has 0 radical (unpaired) electrons. The van der Waals surface area contributed by atoms with E-state index in [-0.39, 0.29) is 17.5 Å². The van der Waals surface area contributed by atoms with Gasteiger partial charge in [-0.05, 0) is 53.9 Å². The Balaban J connectivity index is 1.74. The summed E-state index contributed by atoms with van der Waals surface area (Å²) in [6.07, 6.45) is 0.725. The molecule has 3 rings (SSSR count). The van der Waals surface area contributed by atoms with Crippen LogP contribution in [0.25, 0.3) is 0 Å². The topological polar surface area (TPSA) is 73.2 Å². The van der Waals surface area contributed by atoms with E-state index < -0.39 is 0 Å². The number of rotatable bonds is 13. The number of methoxy groups -OCH3 is 3.